The third-order valence-corrected chi connectivity index (χ3v) is 4.89. The molecule has 0 aliphatic rings. The Bertz CT molecular complexity index is 1280. The zero-order valence-corrected chi connectivity index (χ0v) is 14.7. The Morgan fingerprint density at radius 1 is 1.19 bits per heavy atom. The van der Waals surface area contributed by atoms with E-state index in [1.54, 1.807) is 47.8 Å². The smallest absolute Gasteiger partial charge is 0.199 e. The topological polar surface area (TPSA) is 66.9 Å². The minimum Gasteiger partial charge on any atom is -0.463 e. The molecular weight excluding hydrogens is 363 g/mol. The van der Waals surface area contributed by atoms with Gasteiger partial charge in [-0.25, -0.2) is 9.37 Å². The number of halogens is 1. The minimum absolute atomic E-state index is 0.213. The van der Waals surface area contributed by atoms with Gasteiger partial charge in [-0.1, -0.05) is 24.3 Å². The number of allylic oxidation sites excluding steroid dienone is 1. The Kier molecular flexibility index (Phi) is 4.37. The molecular formula is C21H11FN2O2S. The Hall–Kier alpha value is -3.56. The van der Waals surface area contributed by atoms with Gasteiger partial charge in [-0.15, -0.1) is 11.3 Å². The molecule has 0 aliphatic heterocycles. The van der Waals surface area contributed by atoms with Crippen molar-refractivity contribution in [1.82, 2.24) is 4.98 Å². The van der Waals surface area contributed by atoms with Crippen LogP contribution in [-0.4, -0.2) is 4.98 Å². The second kappa shape index (κ2) is 6.98. The monoisotopic (exact) mass is 374 g/mol. The van der Waals surface area contributed by atoms with Crippen LogP contribution in [0.25, 0.3) is 33.9 Å². The number of para-hydroxylation sites is 1. The Morgan fingerprint density at radius 2 is 1.96 bits per heavy atom. The van der Waals surface area contributed by atoms with Crippen molar-refractivity contribution in [3.63, 3.8) is 0 Å². The van der Waals surface area contributed by atoms with Crippen molar-refractivity contribution in [2.45, 2.75) is 0 Å². The van der Waals surface area contributed by atoms with Crippen LogP contribution < -0.4 is 5.43 Å². The summed E-state index contributed by atoms with van der Waals surface area (Å²) in [6.45, 7) is 0. The number of aromatic nitrogens is 1. The molecule has 0 N–H and O–H groups in total. The van der Waals surface area contributed by atoms with Gasteiger partial charge in [-0.2, -0.15) is 5.26 Å². The normalized spacial score (nSPS) is 11.5. The highest BCUT2D eigenvalue weighted by Crippen LogP contribution is 2.28. The fourth-order valence-electron chi connectivity index (χ4n) is 2.68. The first-order valence-electron chi connectivity index (χ1n) is 8.00. The molecule has 130 valence electrons. The van der Waals surface area contributed by atoms with Gasteiger partial charge in [0.05, 0.1) is 22.2 Å². The number of rotatable bonds is 3. The van der Waals surface area contributed by atoms with Crippen molar-refractivity contribution in [3.05, 3.63) is 86.8 Å². The summed E-state index contributed by atoms with van der Waals surface area (Å²) in [6, 6.07) is 15.3. The summed E-state index contributed by atoms with van der Waals surface area (Å²) >= 11 is 1.21. The van der Waals surface area contributed by atoms with E-state index in [2.05, 4.69) is 11.1 Å². The quantitative estimate of drug-likeness (QED) is 0.467. The number of nitrogens with zero attached hydrogens (tertiary/aromatic N) is 2. The van der Waals surface area contributed by atoms with E-state index in [1.165, 1.54) is 29.7 Å². The van der Waals surface area contributed by atoms with Crippen molar-refractivity contribution >= 4 is 34.0 Å². The van der Waals surface area contributed by atoms with Gasteiger partial charge in [0.1, 0.15) is 28.7 Å². The van der Waals surface area contributed by atoms with Crippen LogP contribution in [0, 0.1) is 17.1 Å². The molecule has 0 unspecified atom stereocenters. The van der Waals surface area contributed by atoms with Gasteiger partial charge in [-0.05, 0) is 30.3 Å². The lowest BCUT2D eigenvalue weighted by Crippen LogP contribution is -2.04. The van der Waals surface area contributed by atoms with Gasteiger partial charge in [-0.3, -0.25) is 4.79 Å². The number of hydrogen-bond donors (Lipinski definition) is 0. The highest BCUT2D eigenvalue weighted by molar-refractivity contribution is 7.11. The molecule has 0 amide bonds. The zero-order chi connectivity index (χ0) is 18.8. The Morgan fingerprint density at radius 3 is 2.78 bits per heavy atom. The predicted octanol–water partition coefficient (Wildman–Crippen LogP) is 5.12. The van der Waals surface area contributed by atoms with Gasteiger partial charge in [0.15, 0.2) is 5.43 Å². The maximum absolute atomic E-state index is 13.9. The SMILES string of the molecule is N#CC(=Cc1coc2ccccc2c1=O)c1nc(-c2ccccc2F)cs1. The second-order valence-electron chi connectivity index (χ2n) is 5.70. The van der Waals surface area contributed by atoms with Crippen molar-refractivity contribution < 1.29 is 8.81 Å². The van der Waals surface area contributed by atoms with Crippen LogP contribution in [0.2, 0.25) is 0 Å². The van der Waals surface area contributed by atoms with E-state index in [-0.39, 0.29) is 22.4 Å². The van der Waals surface area contributed by atoms with E-state index < -0.39 is 0 Å². The highest BCUT2D eigenvalue weighted by atomic mass is 32.1. The predicted molar refractivity (Wildman–Crippen MR) is 103 cm³/mol. The highest BCUT2D eigenvalue weighted by Gasteiger charge is 2.13. The summed E-state index contributed by atoms with van der Waals surface area (Å²) < 4.78 is 19.4. The Labute approximate surface area is 157 Å². The van der Waals surface area contributed by atoms with Crippen LogP contribution in [0.1, 0.15) is 10.6 Å². The summed E-state index contributed by atoms with van der Waals surface area (Å²) in [5, 5.41) is 12.0. The molecule has 0 atom stereocenters. The van der Waals surface area contributed by atoms with Crippen molar-refractivity contribution in [1.29, 1.82) is 5.26 Å². The standard InChI is InChI=1S/C21H11FN2O2S/c22-17-7-3-1-5-15(17)18-12-27-21(24-18)13(10-23)9-14-11-26-19-8-4-2-6-16(19)20(14)25/h1-9,11-12H. The molecule has 2 heterocycles. The number of fused-ring (bicyclic) bond motifs is 1. The molecule has 0 aliphatic carbocycles. The summed E-state index contributed by atoms with van der Waals surface area (Å²) in [7, 11) is 0. The molecule has 4 aromatic rings. The first kappa shape index (κ1) is 16.9. The summed E-state index contributed by atoms with van der Waals surface area (Å²) in [4.78, 5) is 17.0. The third kappa shape index (κ3) is 3.16. The van der Waals surface area contributed by atoms with Crippen molar-refractivity contribution in [2.75, 3.05) is 0 Å². The largest absolute Gasteiger partial charge is 0.463 e. The summed E-state index contributed by atoms with van der Waals surface area (Å²) in [6.07, 6.45) is 2.77. The molecule has 0 saturated heterocycles. The van der Waals surface area contributed by atoms with Gasteiger partial charge < -0.3 is 4.42 Å². The molecule has 0 fully saturated rings. The average molecular weight is 374 g/mol. The lowest BCUT2D eigenvalue weighted by Gasteiger charge is -1.99. The van der Waals surface area contributed by atoms with Crippen LogP contribution in [-0.2, 0) is 0 Å². The summed E-state index contributed by atoms with van der Waals surface area (Å²) in [5.74, 6) is -0.382. The minimum atomic E-state index is -0.382. The molecule has 27 heavy (non-hydrogen) atoms. The third-order valence-electron chi connectivity index (χ3n) is 4.01. The molecule has 0 spiro atoms. The van der Waals surface area contributed by atoms with Gasteiger partial charge >= 0.3 is 0 Å². The average Bonchev–Trinajstić information content (AvgIpc) is 3.18. The number of benzene rings is 2. The maximum atomic E-state index is 13.9. The van der Waals surface area contributed by atoms with Crippen LogP contribution in [0.5, 0.6) is 0 Å². The molecule has 2 aromatic carbocycles. The summed E-state index contributed by atoms with van der Waals surface area (Å²) in [5.41, 5.74) is 1.53. The molecule has 4 rings (SSSR count). The number of hydrogen-bond acceptors (Lipinski definition) is 5. The molecule has 0 radical (unpaired) electrons. The molecule has 0 saturated carbocycles. The van der Waals surface area contributed by atoms with Crippen LogP contribution in [0.15, 0.2) is 69.4 Å². The van der Waals surface area contributed by atoms with E-state index >= 15 is 0 Å². The molecule has 0 bridgehead atoms. The van der Waals surface area contributed by atoms with Gasteiger partial charge in [0, 0.05) is 10.9 Å². The molecule has 2 aromatic heterocycles. The second-order valence-corrected chi connectivity index (χ2v) is 6.56. The van der Waals surface area contributed by atoms with E-state index in [0.29, 0.717) is 27.2 Å². The zero-order valence-electron chi connectivity index (χ0n) is 13.8. The van der Waals surface area contributed by atoms with E-state index in [0.717, 1.165) is 0 Å². The number of nitriles is 1. The maximum Gasteiger partial charge on any atom is 0.199 e. The number of thiazole rings is 1. The van der Waals surface area contributed by atoms with Crippen LogP contribution in [0.4, 0.5) is 4.39 Å². The Balaban J connectivity index is 1.78. The fraction of sp³-hybridized carbons (Fsp3) is 0. The van der Waals surface area contributed by atoms with E-state index in [9.17, 15) is 14.4 Å². The lowest BCUT2D eigenvalue weighted by molar-refractivity contribution is 0.601. The molecule has 4 nitrogen and oxygen atoms in total. The van der Waals surface area contributed by atoms with Gasteiger partial charge in [0.2, 0.25) is 0 Å². The van der Waals surface area contributed by atoms with Crippen LogP contribution in [0.3, 0.4) is 0 Å². The fourth-order valence-corrected chi connectivity index (χ4v) is 3.47. The first-order valence-corrected chi connectivity index (χ1v) is 8.88. The van der Waals surface area contributed by atoms with Crippen molar-refractivity contribution in [3.8, 4) is 17.3 Å². The van der Waals surface area contributed by atoms with E-state index in [1.807, 2.05) is 0 Å². The molecule has 6 heteroatoms. The van der Waals surface area contributed by atoms with Gasteiger partial charge in [0.25, 0.3) is 0 Å². The van der Waals surface area contributed by atoms with E-state index in [4.69, 9.17) is 4.42 Å². The lowest BCUT2D eigenvalue weighted by atomic mass is 10.1. The van der Waals surface area contributed by atoms with Crippen molar-refractivity contribution in [2.24, 2.45) is 0 Å². The van der Waals surface area contributed by atoms with Crippen LogP contribution >= 0.6 is 11.3 Å². The first-order chi connectivity index (χ1) is 13.2.